The molecule has 0 fully saturated rings. The van der Waals surface area contributed by atoms with Gasteiger partial charge in [0, 0.05) is 11.8 Å². The summed E-state index contributed by atoms with van der Waals surface area (Å²) in [6.45, 7) is 1.90. The Morgan fingerprint density at radius 2 is 2.22 bits per heavy atom. The molecule has 0 bridgehead atoms. The number of aromatic nitrogens is 1. The molecule has 0 aromatic carbocycles. The minimum Gasteiger partial charge on any atom is -0.466 e. The number of pyridine rings is 1. The Morgan fingerprint density at radius 1 is 1.50 bits per heavy atom. The summed E-state index contributed by atoms with van der Waals surface area (Å²) in [6.07, 6.45) is -0.965. The highest BCUT2D eigenvalue weighted by molar-refractivity contribution is 5.72. The fourth-order valence-corrected chi connectivity index (χ4v) is 1.29. The van der Waals surface area contributed by atoms with Gasteiger partial charge in [-0.05, 0) is 13.0 Å². The molecule has 0 aliphatic rings. The third-order valence-corrected chi connectivity index (χ3v) is 1.99. The van der Waals surface area contributed by atoms with Gasteiger partial charge in [0.15, 0.2) is 5.69 Å². The van der Waals surface area contributed by atoms with Gasteiger partial charge in [-0.25, -0.2) is 0 Å². The van der Waals surface area contributed by atoms with Crippen molar-refractivity contribution in [3.05, 3.63) is 35.7 Å². The summed E-state index contributed by atoms with van der Waals surface area (Å²) in [5, 5.41) is 0. The molecule has 0 aliphatic carbocycles. The van der Waals surface area contributed by atoms with E-state index in [2.05, 4.69) is 9.72 Å². The number of halogens is 3. The second-order valence-electron chi connectivity index (χ2n) is 3.35. The average Bonchev–Trinajstić information content (AvgIpc) is 2.28. The first kappa shape index (κ1) is 14.2. The number of hydrogen-bond acceptors (Lipinski definition) is 3. The fraction of sp³-hybridized carbons (Fsp3) is 0.333. The predicted octanol–water partition coefficient (Wildman–Crippen LogP) is 3.07. The zero-order valence-corrected chi connectivity index (χ0v) is 9.70. The van der Waals surface area contributed by atoms with Gasteiger partial charge in [0.25, 0.3) is 0 Å². The van der Waals surface area contributed by atoms with Crippen molar-refractivity contribution in [2.75, 3.05) is 6.61 Å². The lowest BCUT2D eigenvalue weighted by Gasteiger charge is -2.08. The van der Waals surface area contributed by atoms with Crippen LogP contribution in [-0.4, -0.2) is 17.6 Å². The van der Waals surface area contributed by atoms with Crippen molar-refractivity contribution in [1.82, 2.24) is 4.98 Å². The Hall–Kier alpha value is -1.85. The Kier molecular flexibility index (Phi) is 4.88. The summed E-state index contributed by atoms with van der Waals surface area (Å²) in [5.74, 6) is -0.480. The highest BCUT2D eigenvalue weighted by Crippen LogP contribution is 2.30. The molecule has 1 rings (SSSR count). The number of alkyl halides is 3. The van der Waals surface area contributed by atoms with Crippen LogP contribution >= 0.6 is 0 Å². The van der Waals surface area contributed by atoms with E-state index in [1.54, 1.807) is 6.92 Å². The number of carbonyl (C=O) groups is 1. The Labute approximate surface area is 102 Å². The van der Waals surface area contributed by atoms with E-state index in [0.29, 0.717) is 0 Å². The van der Waals surface area contributed by atoms with Crippen LogP contribution < -0.4 is 0 Å². The molecular weight excluding hydrogens is 247 g/mol. The first-order valence-corrected chi connectivity index (χ1v) is 5.29. The van der Waals surface area contributed by atoms with Gasteiger partial charge in [-0.3, -0.25) is 9.78 Å². The van der Waals surface area contributed by atoms with Crippen LogP contribution in [0.4, 0.5) is 13.2 Å². The third kappa shape index (κ3) is 4.20. The minimum absolute atomic E-state index is 0.0694. The molecule has 18 heavy (non-hydrogen) atoms. The molecule has 1 aromatic heterocycles. The van der Waals surface area contributed by atoms with Crippen LogP contribution in [0.3, 0.4) is 0 Å². The van der Waals surface area contributed by atoms with Gasteiger partial charge >= 0.3 is 12.1 Å². The van der Waals surface area contributed by atoms with E-state index in [4.69, 9.17) is 0 Å². The lowest BCUT2D eigenvalue weighted by molar-refractivity contribution is -0.142. The van der Waals surface area contributed by atoms with Crippen molar-refractivity contribution in [2.45, 2.75) is 19.5 Å². The van der Waals surface area contributed by atoms with E-state index in [-0.39, 0.29) is 18.6 Å². The maximum Gasteiger partial charge on any atom is 0.433 e. The van der Waals surface area contributed by atoms with Gasteiger partial charge in [0.05, 0.1) is 13.0 Å². The predicted molar refractivity (Wildman–Crippen MR) is 59.5 cm³/mol. The summed E-state index contributed by atoms with van der Waals surface area (Å²) in [4.78, 5) is 14.3. The molecule has 0 saturated heterocycles. The molecule has 98 valence electrons. The van der Waals surface area contributed by atoms with Gasteiger partial charge in [-0.2, -0.15) is 13.2 Å². The third-order valence-electron chi connectivity index (χ3n) is 1.99. The Morgan fingerprint density at radius 3 is 2.83 bits per heavy atom. The van der Waals surface area contributed by atoms with Gasteiger partial charge in [0.1, 0.15) is 0 Å². The number of rotatable bonds is 4. The van der Waals surface area contributed by atoms with Crippen LogP contribution in [0.1, 0.15) is 24.6 Å². The first-order chi connectivity index (χ1) is 8.45. The molecule has 6 heteroatoms. The number of carbonyl (C=O) groups excluding carboxylic acids is 1. The van der Waals surface area contributed by atoms with Crippen LogP contribution in [0.2, 0.25) is 0 Å². The highest BCUT2D eigenvalue weighted by Gasteiger charge is 2.34. The molecule has 0 N–H and O–H groups in total. The zero-order chi connectivity index (χ0) is 13.6. The minimum atomic E-state index is -4.51. The van der Waals surface area contributed by atoms with E-state index >= 15 is 0 Å². The van der Waals surface area contributed by atoms with Crippen LogP contribution in [0, 0.1) is 0 Å². The first-order valence-electron chi connectivity index (χ1n) is 5.29. The van der Waals surface area contributed by atoms with Crippen LogP contribution in [0.15, 0.2) is 24.4 Å². The summed E-state index contributed by atoms with van der Waals surface area (Å²) >= 11 is 0. The number of esters is 1. The van der Waals surface area contributed by atoms with Crippen LogP contribution in [0.25, 0.3) is 6.08 Å². The van der Waals surface area contributed by atoms with E-state index < -0.39 is 17.8 Å². The fourth-order valence-electron chi connectivity index (χ4n) is 1.29. The summed E-state index contributed by atoms with van der Waals surface area (Å²) in [7, 11) is 0. The number of ether oxygens (including phenoxy) is 1. The average molecular weight is 259 g/mol. The summed E-state index contributed by atoms with van der Waals surface area (Å²) in [5.41, 5.74) is -1.04. The number of hydrogen-bond donors (Lipinski definition) is 0. The van der Waals surface area contributed by atoms with Crippen LogP contribution in [-0.2, 0) is 15.7 Å². The largest absolute Gasteiger partial charge is 0.466 e. The second kappa shape index (κ2) is 6.18. The van der Waals surface area contributed by atoms with E-state index in [0.717, 1.165) is 6.20 Å². The van der Waals surface area contributed by atoms with Crippen LogP contribution in [0.5, 0.6) is 0 Å². The molecule has 3 nitrogen and oxygen atoms in total. The van der Waals surface area contributed by atoms with Crippen molar-refractivity contribution in [2.24, 2.45) is 0 Å². The second-order valence-corrected chi connectivity index (χ2v) is 3.35. The van der Waals surface area contributed by atoms with Crippen molar-refractivity contribution < 1.29 is 22.7 Å². The van der Waals surface area contributed by atoms with E-state index in [1.807, 2.05) is 0 Å². The maximum absolute atomic E-state index is 12.6. The molecule has 0 atom stereocenters. The van der Waals surface area contributed by atoms with Gasteiger partial charge in [-0.1, -0.05) is 18.2 Å². The lowest BCUT2D eigenvalue weighted by Crippen LogP contribution is -2.09. The lowest BCUT2D eigenvalue weighted by atomic mass is 10.1. The molecule has 0 spiro atoms. The monoisotopic (exact) mass is 259 g/mol. The molecule has 1 aromatic rings. The van der Waals surface area contributed by atoms with Gasteiger partial charge in [0.2, 0.25) is 0 Å². The SMILES string of the molecule is CCOC(=O)CC=Cc1cccnc1C(F)(F)F. The Balaban J connectivity index is 2.79. The van der Waals surface area contributed by atoms with Crippen molar-refractivity contribution in [3.63, 3.8) is 0 Å². The Bertz CT molecular complexity index is 441. The molecule has 0 unspecified atom stereocenters. The summed E-state index contributed by atoms with van der Waals surface area (Å²) in [6, 6.07) is 2.69. The molecule has 1 heterocycles. The molecular formula is C12H12F3NO2. The molecule has 0 radical (unpaired) electrons. The topological polar surface area (TPSA) is 39.2 Å². The zero-order valence-electron chi connectivity index (χ0n) is 9.70. The maximum atomic E-state index is 12.6. The standard InChI is InChI=1S/C12H12F3NO2/c1-2-18-10(17)7-3-5-9-6-4-8-16-11(9)12(13,14)15/h3-6,8H,2,7H2,1H3. The molecule has 0 amide bonds. The smallest absolute Gasteiger partial charge is 0.433 e. The van der Waals surface area contributed by atoms with Crippen molar-refractivity contribution >= 4 is 12.0 Å². The highest BCUT2D eigenvalue weighted by atomic mass is 19.4. The quantitative estimate of drug-likeness (QED) is 0.780. The van der Waals surface area contributed by atoms with Crippen molar-refractivity contribution in [1.29, 1.82) is 0 Å². The molecule has 0 saturated carbocycles. The van der Waals surface area contributed by atoms with Crippen molar-refractivity contribution in [3.8, 4) is 0 Å². The molecule has 0 aliphatic heterocycles. The number of nitrogens with zero attached hydrogens (tertiary/aromatic N) is 1. The van der Waals surface area contributed by atoms with Gasteiger partial charge in [-0.15, -0.1) is 0 Å². The normalized spacial score (nSPS) is 11.8. The summed E-state index contributed by atoms with van der Waals surface area (Å²) < 4.78 is 42.4. The van der Waals surface area contributed by atoms with Gasteiger partial charge < -0.3 is 4.74 Å². The van der Waals surface area contributed by atoms with E-state index in [1.165, 1.54) is 24.3 Å². The van der Waals surface area contributed by atoms with E-state index in [9.17, 15) is 18.0 Å².